The molecular formula is C30H44N2O6. The summed E-state index contributed by atoms with van der Waals surface area (Å²) < 4.78 is 11.1. The van der Waals surface area contributed by atoms with Gasteiger partial charge in [0.25, 0.3) is 0 Å². The van der Waals surface area contributed by atoms with Gasteiger partial charge in [-0.3, -0.25) is 5.32 Å². The highest BCUT2D eigenvalue weighted by Gasteiger charge is 2.66. The van der Waals surface area contributed by atoms with E-state index in [1.54, 1.807) is 6.26 Å². The zero-order valence-electron chi connectivity index (χ0n) is 22.8. The van der Waals surface area contributed by atoms with Gasteiger partial charge in [0.15, 0.2) is 0 Å². The molecule has 4 aliphatic carbocycles. The molecule has 8 heteroatoms. The fraction of sp³-hybridized carbons (Fsp3) is 0.767. The Morgan fingerprint density at radius 2 is 1.82 bits per heavy atom. The lowest BCUT2D eigenvalue weighted by Crippen LogP contribution is -2.65. The minimum atomic E-state index is -1.07. The van der Waals surface area contributed by atoms with Crippen molar-refractivity contribution in [3.8, 4) is 0 Å². The van der Waals surface area contributed by atoms with Gasteiger partial charge in [-0.25, -0.2) is 4.79 Å². The Labute approximate surface area is 224 Å². The second kappa shape index (κ2) is 9.25. The fourth-order valence-corrected chi connectivity index (χ4v) is 9.37. The van der Waals surface area contributed by atoms with Gasteiger partial charge in [-0.15, -0.1) is 0 Å². The van der Waals surface area contributed by atoms with Crippen LogP contribution in [0.5, 0.6) is 0 Å². The summed E-state index contributed by atoms with van der Waals surface area (Å²) in [5.74, 6) is 0.857. The summed E-state index contributed by atoms with van der Waals surface area (Å²) in [4.78, 5) is 11.6. The van der Waals surface area contributed by atoms with Crippen LogP contribution in [-0.2, 0) is 4.74 Å². The average Bonchev–Trinajstić information content (AvgIpc) is 3.18. The minimum Gasteiger partial charge on any atom is -0.431 e. The number of rotatable bonds is 3. The zero-order valence-corrected chi connectivity index (χ0v) is 22.8. The van der Waals surface area contributed by atoms with Crippen LogP contribution in [0.4, 0.5) is 0 Å². The fourth-order valence-electron chi connectivity index (χ4n) is 9.37. The van der Waals surface area contributed by atoms with Crippen molar-refractivity contribution in [1.82, 2.24) is 5.32 Å². The van der Waals surface area contributed by atoms with Crippen molar-refractivity contribution in [2.45, 2.75) is 120 Å². The summed E-state index contributed by atoms with van der Waals surface area (Å²) in [7, 11) is 0. The number of fused-ring (bicyclic) bond motifs is 5. The number of allylic oxidation sites excluding steroid dienone is 1. The first-order chi connectivity index (χ1) is 18.0. The van der Waals surface area contributed by atoms with E-state index in [0.717, 1.165) is 56.9 Å². The maximum Gasteiger partial charge on any atom is 0.335 e. The molecule has 4 fully saturated rings. The molecular weight excluding hydrogens is 484 g/mol. The molecule has 210 valence electrons. The van der Waals surface area contributed by atoms with Crippen LogP contribution in [0.1, 0.15) is 83.6 Å². The molecule has 38 heavy (non-hydrogen) atoms. The number of hydrogen-bond donors (Lipinski definition) is 5. The Bertz CT molecular complexity index is 1130. The van der Waals surface area contributed by atoms with Crippen molar-refractivity contribution in [2.75, 3.05) is 0 Å². The van der Waals surface area contributed by atoms with Crippen molar-refractivity contribution in [3.63, 3.8) is 0 Å². The molecule has 0 amide bonds. The van der Waals surface area contributed by atoms with E-state index in [2.05, 4.69) is 25.2 Å². The molecule has 8 nitrogen and oxygen atoms in total. The van der Waals surface area contributed by atoms with Gasteiger partial charge in [-0.1, -0.05) is 25.5 Å². The van der Waals surface area contributed by atoms with E-state index >= 15 is 0 Å². The van der Waals surface area contributed by atoms with Crippen LogP contribution < -0.4 is 16.7 Å². The van der Waals surface area contributed by atoms with E-state index in [0.29, 0.717) is 5.92 Å². The minimum absolute atomic E-state index is 0.0387. The molecule has 12 atom stereocenters. The van der Waals surface area contributed by atoms with Gasteiger partial charge in [-0.05, 0) is 93.1 Å². The van der Waals surface area contributed by atoms with E-state index in [9.17, 15) is 20.1 Å². The highest BCUT2D eigenvalue weighted by Crippen LogP contribution is 2.70. The molecule has 5 aliphatic rings. The lowest BCUT2D eigenvalue weighted by molar-refractivity contribution is -0.187. The third-order valence-corrected chi connectivity index (χ3v) is 11.8. The van der Waals surface area contributed by atoms with Crippen LogP contribution in [0.15, 0.2) is 39.3 Å². The molecule has 0 radical (unpaired) electrons. The van der Waals surface area contributed by atoms with E-state index < -0.39 is 30.1 Å². The van der Waals surface area contributed by atoms with Crippen LogP contribution in [-0.4, -0.2) is 57.5 Å². The van der Waals surface area contributed by atoms with Crippen molar-refractivity contribution in [2.24, 2.45) is 28.4 Å². The van der Waals surface area contributed by atoms with E-state index in [-0.39, 0.29) is 40.4 Å². The van der Waals surface area contributed by atoms with Crippen LogP contribution in [0, 0.1) is 22.7 Å². The molecule has 3 saturated carbocycles. The standard InChI is InChI=1S/C30H44N2O6/c1-16-24(31)25(34)26(35)27(38-16)32-19-8-11-28(2)18(14-19)5-6-22-21(28)9-12-29(3)20(10-13-30(22,29)36)17-4-7-23(33)37-15-17/h4,7,14-16,19-22,24-27,32,34-36H,5-6,8-13,31H2,1-3H3/t16-,19-,20+,21-,22+,24-,25+,26+,27+,28-,29+,30-/m0/s1. The van der Waals surface area contributed by atoms with Gasteiger partial charge in [0.1, 0.15) is 18.4 Å². The smallest absolute Gasteiger partial charge is 0.335 e. The molecule has 1 aromatic heterocycles. The zero-order chi connectivity index (χ0) is 27.0. The molecule has 1 saturated heterocycles. The number of hydrogen-bond acceptors (Lipinski definition) is 8. The number of nitrogens with one attached hydrogen (secondary N) is 1. The Kier molecular flexibility index (Phi) is 6.49. The molecule has 1 aromatic rings. The maximum absolute atomic E-state index is 12.4. The SMILES string of the molecule is C[C@@H]1O[C@@H](N[C@@H]2C=C3CC[C@@H]4[C@H](CC[C@]5(C)[C@@H](c6ccc(=O)oc6)CC[C@]45O)[C@@]3(C)CC2)[C@H](O)[C@H](O)[C@H]1N. The van der Waals surface area contributed by atoms with Crippen LogP contribution in [0.25, 0.3) is 0 Å². The van der Waals surface area contributed by atoms with Gasteiger partial charge in [0.05, 0.1) is 24.0 Å². The molecule has 0 aromatic carbocycles. The number of aliphatic hydroxyl groups excluding tert-OH is 2. The largest absolute Gasteiger partial charge is 0.431 e. The van der Waals surface area contributed by atoms with Gasteiger partial charge < -0.3 is 30.2 Å². The van der Waals surface area contributed by atoms with Crippen molar-refractivity contribution < 1.29 is 24.5 Å². The Balaban J connectivity index is 1.21. The Morgan fingerprint density at radius 1 is 1.03 bits per heavy atom. The Morgan fingerprint density at radius 3 is 2.55 bits per heavy atom. The maximum atomic E-state index is 12.4. The number of aliphatic hydroxyl groups is 3. The van der Waals surface area contributed by atoms with Gasteiger partial charge in [-0.2, -0.15) is 0 Å². The van der Waals surface area contributed by atoms with Crippen molar-refractivity contribution in [1.29, 1.82) is 0 Å². The van der Waals surface area contributed by atoms with Crippen molar-refractivity contribution >= 4 is 0 Å². The lowest BCUT2D eigenvalue weighted by atomic mass is 9.45. The van der Waals surface area contributed by atoms with Crippen molar-refractivity contribution in [3.05, 3.63) is 46.0 Å². The van der Waals surface area contributed by atoms with E-state index in [1.165, 1.54) is 11.6 Å². The molecule has 1 aliphatic heterocycles. The van der Waals surface area contributed by atoms with E-state index in [1.807, 2.05) is 13.0 Å². The third kappa shape index (κ3) is 3.82. The van der Waals surface area contributed by atoms with Gasteiger partial charge in [0, 0.05) is 17.5 Å². The average molecular weight is 529 g/mol. The molecule has 6 N–H and O–H groups in total. The first-order valence-corrected chi connectivity index (χ1v) is 14.5. The molecule has 0 spiro atoms. The van der Waals surface area contributed by atoms with Gasteiger partial charge >= 0.3 is 5.63 Å². The Hall–Kier alpha value is -1.55. The number of ether oxygens (including phenoxy) is 1. The summed E-state index contributed by atoms with van der Waals surface area (Å²) in [5.41, 5.74) is 7.18. The summed E-state index contributed by atoms with van der Waals surface area (Å²) in [6.07, 6.45) is 8.42. The first kappa shape index (κ1) is 26.7. The summed E-state index contributed by atoms with van der Waals surface area (Å²) in [6, 6.07) is 2.84. The second-order valence-electron chi connectivity index (χ2n) is 13.4. The molecule has 0 bridgehead atoms. The highest BCUT2D eigenvalue weighted by atomic mass is 16.5. The highest BCUT2D eigenvalue weighted by molar-refractivity contribution is 5.31. The van der Waals surface area contributed by atoms with Crippen LogP contribution in [0.2, 0.25) is 0 Å². The first-order valence-electron chi connectivity index (χ1n) is 14.5. The third-order valence-electron chi connectivity index (χ3n) is 11.8. The summed E-state index contributed by atoms with van der Waals surface area (Å²) in [5, 5.41) is 36.8. The lowest BCUT2D eigenvalue weighted by Gasteiger charge is -2.62. The van der Waals surface area contributed by atoms with E-state index in [4.69, 9.17) is 14.9 Å². The normalized spacial score (nSPS) is 50.5. The summed E-state index contributed by atoms with van der Waals surface area (Å²) in [6.45, 7) is 6.49. The molecule has 6 rings (SSSR count). The monoisotopic (exact) mass is 528 g/mol. The van der Waals surface area contributed by atoms with Crippen LogP contribution in [0.3, 0.4) is 0 Å². The summed E-state index contributed by atoms with van der Waals surface area (Å²) >= 11 is 0. The molecule has 2 heterocycles. The van der Waals surface area contributed by atoms with Crippen LogP contribution >= 0.6 is 0 Å². The topological polar surface area (TPSA) is 138 Å². The molecule has 0 unspecified atom stereocenters. The predicted octanol–water partition coefficient (Wildman–Crippen LogP) is 2.55. The number of nitrogens with two attached hydrogens (primary N) is 1. The van der Waals surface area contributed by atoms with Gasteiger partial charge in [0.2, 0.25) is 0 Å². The quantitative estimate of drug-likeness (QED) is 0.378. The predicted molar refractivity (Wildman–Crippen MR) is 142 cm³/mol. The second-order valence-corrected chi connectivity index (χ2v) is 13.4.